The van der Waals surface area contributed by atoms with Crippen molar-refractivity contribution < 1.29 is 5.11 Å². The molecule has 0 amide bonds. The normalized spacial score (nSPS) is 18.7. The van der Waals surface area contributed by atoms with E-state index in [1.165, 1.54) is 4.88 Å². The Morgan fingerprint density at radius 1 is 1.53 bits per heavy atom. The van der Waals surface area contributed by atoms with Crippen molar-refractivity contribution in [3.63, 3.8) is 0 Å². The molecule has 3 nitrogen and oxygen atoms in total. The van der Waals surface area contributed by atoms with Crippen LogP contribution in [0.3, 0.4) is 0 Å². The summed E-state index contributed by atoms with van der Waals surface area (Å²) in [6.07, 6.45) is 2.90. The van der Waals surface area contributed by atoms with Gasteiger partial charge in [-0.15, -0.1) is 11.3 Å². The van der Waals surface area contributed by atoms with E-state index in [0.717, 1.165) is 11.4 Å². The molecule has 2 N–H and O–H groups in total. The van der Waals surface area contributed by atoms with E-state index in [-0.39, 0.29) is 6.04 Å². The smallest absolute Gasteiger partial charge is 0.0897 e. The van der Waals surface area contributed by atoms with Crippen molar-refractivity contribution in [1.29, 1.82) is 0 Å². The average molecular weight is 256 g/mol. The van der Waals surface area contributed by atoms with Crippen LogP contribution in [0.2, 0.25) is 0 Å². The second kappa shape index (κ2) is 5.94. The summed E-state index contributed by atoms with van der Waals surface area (Å²) in [7, 11) is 0. The van der Waals surface area contributed by atoms with Crippen LogP contribution in [0.25, 0.3) is 0 Å². The molecule has 0 bridgehead atoms. The molecule has 4 heteroatoms. The highest BCUT2D eigenvalue weighted by Gasteiger charge is 2.27. The monoisotopic (exact) mass is 256 g/mol. The van der Waals surface area contributed by atoms with Crippen molar-refractivity contribution in [2.24, 2.45) is 5.92 Å². The Hall–Kier alpha value is -0.450. The molecule has 0 aliphatic rings. The Labute approximate surface area is 108 Å². The van der Waals surface area contributed by atoms with Crippen LogP contribution in [0.5, 0.6) is 0 Å². The third kappa shape index (κ3) is 4.05. The van der Waals surface area contributed by atoms with E-state index in [0.29, 0.717) is 12.5 Å². The highest BCUT2D eigenvalue weighted by molar-refractivity contribution is 7.11. The molecule has 1 rings (SSSR count). The van der Waals surface area contributed by atoms with Crippen LogP contribution in [0.15, 0.2) is 6.20 Å². The van der Waals surface area contributed by atoms with Gasteiger partial charge in [0.15, 0.2) is 0 Å². The van der Waals surface area contributed by atoms with Gasteiger partial charge in [0.1, 0.15) is 0 Å². The van der Waals surface area contributed by atoms with Crippen molar-refractivity contribution in [2.75, 3.05) is 6.54 Å². The van der Waals surface area contributed by atoms with E-state index < -0.39 is 5.60 Å². The number of aromatic nitrogens is 1. The predicted molar refractivity (Wildman–Crippen MR) is 73.3 cm³/mol. The van der Waals surface area contributed by atoms with Gasteiger partial charge in [-0.2, -0.15) is 0 Å². The molecule has 1 aromatic rings. The minimum Gasteiger partial charge on any atom is -0.389 e. The molecule has 98 valence electrons. The lowest BCUT2D eigenvalue weighted by atomic mass is 9.88. The van der Waals surface area contributed by atoms with E-state index in [4.69, 9.17) is 0 Å². The molecule has 0 radical (unpaired) electrons. The average Bonchev–Trinajstić information content (AvgIpc) is 2.71. The van der Waals surface area contributed by atoms with Gasteiger partial charge in [-0.25, -0.2) is 4.98 Å². The van der Waals surface area contributed by atoms with E-state index in [1.807, 2.05) is 20.0 Å². The fourth-order valence-electron chi connectivity index (χ4n) is 1.65. The summed E-state index contributed by atoms with van der Waals surface area (Å²) in [5, 5.41) is 14.8. The number of hydrogen-bond acceptors (Lipinski definition) is 4. The zero-order valence-corrected chi connectivity index (χ0v) is 12.3. The maximum atomic E-state index is 10.3. The predicted octanol–water partition coefficient (Wildman–Crippen LogP) is 2.90. The first-order chi connectivity index (χ1) is 7.86. The number of thiazole rings is 1. The summed E-state index contributed by atoms with van der Waals surface area (Å²) in [6, 6.07) is 0.247. The van der Waals surface area contributed by atoms with Gasteiger partial charge in [0.2, 0.25) is 0 Å². The Balaban J connectivity index is 2.50. The lowest BCUT2D eigenvalue weighted by Gasteiger charge is -2.31. The van der Waals surface area contributed by atoms with Crippen LogP contribution in [0.4, 0.5) is 0 Å². The number of hydrogen-bond donors (Lipinski definition) is 2. The molecule has 3 unspecified atom stereocenters. The van der Waals surface area contributed by atoms with Gasteiger partial charge in [0.25, 0.3) is 0 Å². The lowest BCUT2D eigenvalue weighted by molar-refractivity contribution is 0.00372. The van der Waals surface area contributed by atoms with Crippen LogP contribution < -0.4 is 5.32 Å². The first kappa shape index (κ1) is 14.6. The summed E-state index contributed by atoms with van der Waals surface area (Å²) >= 11 is 1.71. The minimum atomic E-state index is -0.650. The second-order valence-corrected chi connectivity index (χ2v) is 6.32. The van der Waals surface area contributed by atoms with Crippen molar-refractivity contribution in [3.8, 4) is 0 Å². The van der Waals surface area contributed by atoms with E-state index in [1.54, 1.807) is 11.3 Å². The fourth-order valence-corrected chi connectivity index (χ4v) is 2.46. The first-order valence-corrected chi connectivity index (χ1v) is 7.06. The summed E-state index contributed by atoms with van der Waals surface area (Å²) in [4.78, 5) is 5.47. The zero-order chi connectivity index (χ0) is 13.1. The minimum absolute atomic E-state index is 0.247. The molecule has 1 aromatic heterocycles. The topological polar surface area (TPSA) is 45.1 Å². The van der Waals surface area contributed by atoms with E-state index in [9.17, 15) is 5.11 Å². The Morgan fingerprint density at radius 2 is 2.18 bits per heavy atom. The molecule has 1 heterocycles. The molecular weight excluding hydrogens is 232 g/mol. The molecule has 3 atom stereocenters. The largest absolute Gasteiger partial charge is 0.389 e. The molecular formula is C13H24N2OS. The van der Waals surface area contributed by atoms with Gasteiger partial charge < -0.3 is 10.4 Å². The van der Waals surface area contributed by atoms with Gasteiger partial charge in [0, 0.05) is 23.7 Å². The molecule has 0 spiro atoms. The number of nitrogens with zero attached hydrogens (tertiary/aromatic N) is 1. The third-order valence-electron chi connectivity index (χ3n) is 3.51. The van der Waals surface area contributed by atoms with Crippen LogP contribution >= 0.6 is 11.3 Å². The maximum Gasteiger partial charge on any atom is 0.0897 e. The van der Waals surface area contributed by atoms with Crippen molar-refractivity contribution in [3.05, 3.63) is 16.1 Å². The second-order valence-electron chi connectivity index (χ2n) is 5.05. The number of rotatable bonds is 6. The van der Waals surface area contributed by atoms with Crippen LogP contribution in [-0.2, 0) is 0 Å². The SMILES string of the molecule is CCC(C)C(C)(O)CNC(C)c1cnc(C)s1. The van der Waals surface area contributed by atoms with E-state index >= 15 is 0 Å². The number of aryl methyl sites for hydroxylation is 1. The highest BCUT2D eigenvalue weighted by Crippen LogP contribution is 2.23. The van der Waals surface area contributed by atoms with Gasteiger partial charge >= 0.3 is 0 Å². The van der Waals surface area contributed by atoms with Crippen LogP contribution in [0, 0.1) is 12.8 Å². The highest BCUT2D eigenvalue weighted by atomic mass is 32.1. The van der Waals surface area contributed by atoms with Gasteiger partial charge in [-0.3, -0.25) is 0 Å². The third-order valence-corrected chi connectivity index (χ3v) is 4.60. The molecule has 0 saturated heterocycles. The zero-order valence-electron chi connectivity index (χ0n) is 11.4. The van der Waals surface area contributed by atoms with Crippen molar-refractivity contribution in [2.45, 2.75) is 52.7 Å². The summed E-state index contributed by atoms with van der Waals surface area (Å²) in [6.45, 7) is 10.8. The molecule has 0 aliphatic heterocycles. The summed E-state index contributed by atoms with van der Waals surface area (Å²) < 4.78 is 0. The van der Waals surface area contributed by atoms with Crippen LogP contribution in [0.1, 0.15) is 50.0 Å². The van der Waals surface area contributed by atoms with Crippen molar-refractivity contribution in [1.82, 2.24) is 10.3 Å². The lowest BCUT2D eigenvalue weighted by Crippen LogP contribution is -2.43. The molecule has 17 heavy (non-hydrogen) atoms. The summed E-state index contributed by atoms with van der Waals surface area (Å²) in [5.74, 6) is 0.297. The van der Waals surface area contributed by atoms with Gasteiger partial charge in [0.05, 0.1) is 10.6 Å². The van der Waals surface area contributed by atoms with Crippen LogP contribution in [-0.4, -0.2) is 22.2 Å². The van der Waals surface area contributed by atoms with Gasteiger partial charge in [-0.1, -0.05) is 20.3 Å². The Morgan fingerprint density at radius 3 is 2.65 bits per heavy atom. The molecule has 0 saturated carbocycles. The number of nitrogens with one attached hydrogen (secondary N) is 1. The van der Waals surface area contributed by atoms with Gasteiger partial charge in [-0.05, 0) is 26.7 Å². The quantitative estimate of drug-likeness (QED) is 0.822. The Kier molecular flexibility index (Phi) is 5.10. The van der Waals surface area contributed by atoms with E-state index in [2.05, 4.69) is 31.1 Å². The Bertz CT molecular complexity index is 349. The molecule has 0 aromatic carbocycles. The standard InChI is InChI=1S/C13H24N2OS/c1-6-9(2)13(5,16)8-15-10(3)12-7-14-11(4)17-12/h7,9-10,15-16H,6,8H2,1-5H3. The molecule has 0 aliphatic carbocycles. The number of aliphatic hydroxyl groups is 1. The fraction of sp³-hybridized carbons (Fsp3) is 0.769. The maximum absolute atomic E-state index is 10.3. The first-order valence-electron chi connectivity index (χ1n) is 6.25. The van der Waals surface area contributed by atoms with Crippen molar-refractivity contribution >= 4 is 11.3 Å². The molecule has 0 fully saturated rings. The summed E-state index contributed by atoms with van der Waals surface area (Å²) in [5.41, 5.74) is -0.650.